The van der Waals surface area contributed by atoms with Crippen molar-refractivity contribution in [2.24, 2.45) is 0 Å². The van der Waals surface area contributed by atoms with E-state index in [0.29, 0.717) is 68.4 Å². The Bertz CT molecular complexity index is 2130. The monoisotopic (exact) mass is 663 g/mol. The first-order valence-electron chi connectivity index (χ1n) is 14.4. The lowest BCUT2D eigenvalue weighted by atomic mass is 10.0. The number of carbonyl (C=O) groups is 1. The molecule has 0 aliphatic carbocycles. The minimum absolute atomic E-state index is 0.00808. The molecule has 0 saturated carbocycles. The summed E-state index contributed by atoms with van der Waals surface area (Å²) in [4.78, 5) is 21.3. The van der Waals surface area contributed by atoms with Gasteiger partial charge in [-0.1, -0.05) is 29.8 Å². The number of carbonyl (C=O) groups excluding carboxylic acids is 1. The molecule has 0 N–H and O–H groups in total. The number of methoxy groups -OCH3 is 1. The molecule has 0 spiro atoms. The van der Waals surface area contributed by atoms with Crippen molar-refractivity contribution in [1.82, 2.24) is 14.5 Å². The minimum Gasteiger partial charge on any atom is -0.471 e. The molecular weight excluding hydrogens is 639 g/mol. The number of nitrogens with zero attached hydrogens (tertiary/aromatic N) is 3. The summed E-state index contributed by atoms with van der Waals surface area (Å²) < 4.78 is 54.1. The summed E-state index contributed by atoms with van der Waals surface area (Å²) in [5.74, 6) is -1.22. The highest BCUT2D eigenvalue weighted by Crippen LogP contribution is 2.33. The van der Waals surface area contributed by atoms with Crippen LogP contribution < -0.4 is 4.74 Å². The van der Waals surface area contributed by atoms with Gasteiger partial charge in [-0.25, -0.2) is 23.5 Å². The Balaban J connectivity index is 1.14. The fraction of sp³-hybridized carbons (Fsp3) is 0.206. The predicted octanol–water partition coefficient (Wildman–Crippen LogP) is 8.17. The SMILES string of the molecule is COC(=O)c1ccc2nc(Cc3ccc(-c4ccc(F)c(OCc5ccc(Cl)c6cc(Cl)oc56)n4)cc3F)n(C[C@@H]3CCO3)c2c1. The summed E-state index contributed by atoms with van der Waals surface area (Å²) in [6.07, 6.45) is 1.10. The van der Waals surface area contributed by atoms with Crippen molar-refractivity contribution in [3.63, 3.8) is 0 Å². The molecule has 234 valence electrons. The number of ether oxygens (including phenoxy) is 3. The molecule has 0 unspecified atom stereocenters. The Labute approximate surface area is 271 Å². The number of pyridine rings is 1. The third-order valence-corrected chi connectivity index (χ3v) is 8.50. The number of fused-ring (bicyclic) bond motifs is 2. The molecule has 3 aromatic carbocycles. The highest BCUT2D eigenvalue weighted by atomic mass is 35.5. The van der Waals surface area contributed by atoms with Gasteiger partial charge in [-0.2, -0.15) is 0 Å². The number of aromatic nitrogens is 3. The Morgan fingerprint density at radius 2 is 1.83 bits per heavy atom. The van der Waals surface area contributed by atoms with E-state index in [1.165, 1.54) is 25.3 Å². The van der Waals surface area contributed by atoms with Crippen LogP contribution in [0.15, 0.2) is 71.1 Å². The van der Waals surface area contributed by atoms with Gasteiger partial charge in [0, 0.05) is 35.6 Å². The van der Waals surface area contributed by atoms with Gasteiger partial charge in [0.15, 0.2) is 11.0 Å². The maximum atomic E-state index is 15.6. The molecule has 7 rings (SSSR count). The molecule has 4 heterocycles. The number of furan rings is 1. The number of esters is 1. The molecule has 3 aromatic heterocycles. The molecule has 1 saturated heterocycles. The first-order valence-corrected chi connectivity index (χ1v) is 15.2. The van der Waals surface area contributed by atoms with Gasteiger partial charge in [-0.15, -0.1) is 0 Å². The molecule has 1 atom stereocenters. The van der Waals surface area contributed by atoms with E-state index in [9.17, 15) is 9.18 Å². The van der Waals surface area contributed by atoms with Crippen molar-refractivity contribution in [3.8, 4) is 17.1 Å². The van der Waals surface area contributed by atoms with E-state index in [-0.39, 0.29) is 30.2 Å². The van der Waals surface area contributed by atoms with Crippen LogP contribution in [0.25, 0.3) is 33.3 Å². The van der Waals surface area contributed by atoms with E-state index < -0.39 is 17.6 Å². The van der Waals surface area contributed by atoms with Crippen molar-refractivity contribution < 1.29 is 32.2 Å². The Morgan fingerprint density at radius 3 is 2.59 bits per heavy atom. The van der Waals surface area contributed by atoms with Crippen LogP contribution in [0.5, 0.6) is 5.88 Å². The van der Waals surface area contributed by atoms with Crippen LogP contribution in [0.3, 0.4) is 0 Å². The smallest absolute Gasteiger partial charge is 0.337 e. The van der Waals surface area contributed by atoms with Gasteiger partial charge in [0.2, 0.25) is 0 Å². The van der Waals surface area contributed by atoms with Crippen LogP contribution in [0.2, 0.25) is 10.2 Å². The van der Waals surface area contributed by atoms with Gasteiger partial charge in [-0.05, 0) is 66.0 Å². The maximum absolute atomic E-state index is 15.6. The molecule has 0 amide bonds. The van der Waals surface area contributed by atoms with Crippen molar-refractivity contribution in [3.05, 3.63) is 111 Å². The first-order chi connectivity index (χ1) is 22.3. The lowest BCUT2D eigenvalue weighted by molar-refractivity contribution is -0.0589. The first kappa shape index (κ1) is 30.2. The fourth-order valence-corrected chi connectivity index (χ4v) is 5.86. The number of imidazole rings is 1. The average Bonchev–Trinajstić information content (AvgIpc) is 3.59. The highest BCUT2D eigenvalue weighted by Gasteiger charge is 2.23. The van der Waals surface area contributed by atoms with Crippen LogP contribution in [0.4, 0.5) is 8.78 Å². The van der Waals surface area contributed by atoms with Crippen LogP contribution >= 0.6 is 23.2 Å². The summed E-state index contributed by atoms with van der Waals surface area (Å²) in [7, 11) is 1.33. The third-order valence-electron chi connectivity index (χ3n) is 7.99. The summed E-state index contributed by atoms with van der Waals surface area (Å²) >= 11 is 12.2. The lowest BCUT2D eigenvalue weighted by Gasteiger charge is -2.27. The van der Waals surface area contributed by atoms with Gasteiger partial charge in [0.1, 0.15) is 23.8 Å². The van der Waals surface area contributed by atoms with Gasteiger partial charge in [-0.3, -0.25) is 0 Å². The molecule has 1 fully saturated rings. The average molecular weight is 664 g/mol. The molecule has 0 bridgehead atoms. The van der Waals surface area contributed by atoms with E-state index in [2.05, 4.69) is 4.98 Å². The standard InChI is InChI=1S/C34H25Cl2F2N3O5/c1-43-34(42)20-5-8-28-29(13-20)41(16-22-10-11-44-22)31(39-28)14-18-2-3-19(12-26(18)38)27-9-7-25(37)33(40-27)45-17-21-4-6-24(35)23-15-30(36)46-32(21)23/h2-9,12-13,15,22H,10-11,14,16-17H2,1H3/t22-/m0/s1. The minimum atomic E-state index is -0.673. The van der Waals surface area contributed by atoms with E-state index in [0.717, 1.165) is 11.9 Å². The van der Waals surface area contributed by atoms with Gasteiger partial charge in [0.05, 0.1) is 47.1 Å². The van der Waals surface area contributed by atoms with Crippen LogP contribution in [-0.4, -0.2) is 40.3 Å². The second kappa shape index (κ2) is 12.4. The molecule has 8 nitrogen and oxygen atoms in total. The summed E-state index contributed by atoms with van der Waals surface area (Å²) in [5, 5.41) is 1.24. The quantitative estimate of drug-likeness (QED) is 0.144. The van der Waals surface area contributed by atoms with Gasteiger partial charge in [0.25, 0.3) is 5.88 Å². The Hall–Kier alpha value is -4.51. The normalized spacial score (nSPS) is 14.5. The van der Waals surface area contributed by atoms with Crippen LogP contribution in [0, 0.1) is 11.6 Å². The van der Waals surface area contributed by atoms with Crippen molar-refractivity contribution in [2.75, 3.05) is 13.7 Å². The van der Waals surface area contributed by atoms with Crippen molar-refractivity contribution in [2.45, 2.75) is 32.1 Å². The van der Waals surface area contributed by atoms with Crippen molar-refractivity contribution >= 4 is 51.2 Å². The van der Waals surface area contributed by atoms with Gasteiger partial charge >= 0.3 is 5.97 Å². The second-order valence-corrected chi connectivity index (χ2v) is 11.6. The summed E-state index contributed by atoms with van der Waals surface area (Å²) in [6, 6.07) is 17.5. The number of benzene rings is 3. The number of hydrogen-bond donors (Lipinski definition) is 0. The molecule has 1 aliphatic heterocycles. The summed E-state index contributed by atoms with van der Waals surface area (Å²) in [6.45, 7) is 1.14. The van der Waals surface area contributed by atoms with E-state index >= 15 is 4.39 Å². The number of rotatable bonds is 9. The second-order valence-electron chi connectivity index (χ2n) is 10.9. The fourth-order valence-electron chi connectivity index (χ4n) is 5.47. The third kappa shape index (κ3) is 5.79. The zero-order valence-corrected chi connectivity index (χ0v) is 25.9. The van der Waals surface area contributed by atoms with E-state index in [1.54, 1.807) is 48.5 Å². The van der Waals surface area contributed by atoms with Crippen molar-refractivity contribution in [1.29, 1.82) is 0 Å². The van der Waals surface area contributed by atoms with Crippen LogP contribution in [-0.2, 0) is 29.0 Å². The van der Waals surface area contributed by atoms with E-state index in [1.807, 2.05) is 4.57 Å². The summed E-state index contributed by atoms with van der Waals surface area (Å²) in [5.41, 5.74) is 4.03. The zero-order valence-electron chi connectivity index (χ0n) is 24.4. The molecule has 46 heavy (non-hydrogen) atoms. The number of halogens is 4. The highest BCUT2D eigenvalue weighted by molar-refractivity contribution is 6.36. The molecule has 6 aromatic rings. The van der Waals surface area contributed by atoms with E-state index in [4.69, 9.17) is 46.8 Å². The Kier molecular flexibility index (Phi) is 8.10. The topological polar surface area (TPSA) is 88.6 Å². The van der Waals surface area contributed by atoms with Crippen LogP contribution in [0.1, 0.15) is 33.7 Å². The lowest BCUT2D eigenvalue weighted by Crippen LogP contribution is -2.31. The largest absolute Gasteiger partial charge is 0.471 e. The maximum Gasteiger partial charge on any atom is 0.337 e. The molecular formula is C34H25Cl2F2N3O5. The predicted molar refractivity (Wildman–Crippen MR) is 168 cm³/mol. The molecule has 0 radical (unpaired) electrons. The molecule has 1 aliphatic rings. The number of hydrogen-bond acceptors (Lipinski definition) is 7. The zero-order chi connectivity index (χ0) is 31.9. The molecule has 12 heteroatoms. The van der Waals surface area contributed by atoms with Gasteiger partial charge < -0.3 is 23.2 Å². The Morgan fingerprint density at radius 1 is 1.00 bits per heavy atom.